The van der Waals surface area contributed by atoms with Gasteiger partial charge in [0.05, 0.1) is 74.1 Å². The van der Waals surface area contributed by atoms with Crippen molar-refractivity contribution in [1.82, 2.24) is 29.3 Å². The number of hydrogen-bond acceptors (Lipinski definition) is 8. The molecule has 12 rings (SSSR count). The zero-order chi connectivity index (χ0) is 55.2. The topological polar surface area (TPSA) is 160 Å². The molecule has 0 radical (unpaired) electrons. The van der Waals surface area contributed by atoms with Gasteiger partial charge in [-0.25, -0.2) is 0 Å². The molecule has 6 aromatic carbocycles. The number of amides is 4. The Morgan fingerprint density at radius 2 is 0.802 bits per heavy atom. The number of para-hydroxylation sites is 4. The van der Waals surface area contributed by atoms with Crippen molar-refractivity contribution in [2.75, 3.05) is 31.8 Å². The van der Waals surface area contributed by atoms with E-state index in [1.54, 1.807) is 6.20 Å². The summed E-state index contributed by atoms with van der Waals surface area (Å²) >= 11 is 3.51. The van der Waals surface area contributed by atoms with Crippen LogP contribution in [0.3, 0.4) is 0 Å². The van der Waals surface area contributed by atoms with E-state index in [2.05, 4.69) is 45.2 Å². The van der Waals surface area contributed by atoms with Crippen molar-refractivity contribution in [1.29, 1.82) is 0 Å². The summed E-state index contributed by atoms with van der Waals surface area (Å²) in [7, 11) is 0. The van der Waals surface area contributed by atoms with Gasteiger partial charge in [-0.2, -0.15) is 0 Å². The number of hydrogen-bond donors (Lipinski definition) is 3. The molecule has 15 heteroatoms. The van der Waals surface area contributed by atoms with Crippen LogP contribution in [0, 0.1) is 0 Å². The van der Waals surface area contributed by atoms with Gasteiger partial charge < -0.3 is 37.6 Å². The van der Waals surface area contributed by atoms with E-state index in [1.807, 2.05) is 176 Å². The van der Waals surface area contributed by atoms with Crippen molar-refractivity contribution in [2.45, 2.75) is 57.9 Å². The van der Waals surface area contributed by atoms with Gasteiger partial charge >= 0.3 is 0 Å². The molecule has 2 aliphatic heterocycles. The lowest BCUT2D eigenvalue weighted by molar-refractivity contribution is -0.124. The number of halogens is 1. The summed E-state index contributed by atoms with van der Waals surface area (Å²) in [5, 5.41) is 9.32. The number of benzene rings is 6. The van der Waals surface area contributed by atoms with Crippen molar-refractivity contribution in [3.05, 3.63) is 216 Å². The van der Waals surface area contributed by atoms with Gasteiger partial charge in [-0.05, 0) is 48.2 Å². The number of carbonyl (C=O) groups excluding carboxylic acids is 4. The Labute approximate surface area is 476 Å². The number of aromatic nitrogens is 4. The van der Waals surface area contributed by atoms with Gasteiger partial charge in [0.2, 0.25) is 0 Å². The SMILES string of the molecule is O=C1NC(=O)C(c2cn(CCC(COCc3ccccc3)OCCn3cc(C4=C(c5cn(CCC(COCc6ccccc6)OCCBr)c6ccccc56)C(=O)NC4=O)c4ccccc43)c3ccccc23)=C1c1c[nH]c2ccccc12. The fraction of sp³-hybridized carbons (Fsp3) is 0.212. The zero-order valence-corrected chi connectivity index (χ0v) is 46.0. The van der Waals surface area contributed by atoms with E-state index in [0.717, 1.165) is 54.7 Å². The maximum absolute atomic E-state index is 14.2. The van der Waals surface area contributed by atoms with Crippen molar-refractivity contribution in [3.8, 4) is 0 Å². The van der Waals surface area contributed by atoms with Gasteiger partial charge in [0.25, 0.3) is 23.6 Å². The first-order valence-corrected chi connectivity index (χ1v) is 28.5. The third kappa shape index (κ3) is 11.1. The minimum atomic E-state index is -0.452. The summed E-state index contributed by atoms with van der Waals surface area (Å²) in [4.78, 5) is 58.9. The maximum Gasteiger partial charge on any atom is 0.259 e. The van der Waals surface area contributed by atoms with Crippen LogP contribution in [0.4, 0.5) is 0 Å². The number of nitrogens with one attached hydrogen (secondary N) is 3. The number of imide groups is 2. The third-order valence-corrected chi connectivity index (χ3v) is 15.5. The highest BCUT2D eigenvalue weighted by atomic mass is 79.9. The van der Waals surface area contributed by atoms with E-state index >= 15 is 0 Å². The van der Waals surface area contributed by atoms with Crippen LogP contribution in [0.15, 0.2) is 183 Å². The summed E-state index contributed by atoms with van der Waals surface area (Å²) in [6.45, 7) is 4.01. The molecule has 4 aromatic heterocycles. The van der Waals surface area contributed by atoms with Gasteiger partial charge in [-0.15, -0.1) is 0 Å². The van der Waals surface area contributed by atoms with Crippen LogP contribution in [0.2, 0.25) is 0 Å². The lowest BCUT2D eigenvalue weighted by Crippen LogP contribution is -2.24. The minimum absolute atomic E-state index is 0.173. The van der Waals surface area contributed by atoms with Crippen molar-refractivity contribution in [2.24, 2.45) is 0 Å². The molecule has 81 heavy (non-hydrogen) atoms. The lowest BCUT2D eigenvalue weighted by atomic mass is 9.95. The second-order valence-corrected chi connectivity index (χ2v) is 21.1. The molecule has 0 aliphatic carbocycles. The number of carbonyl (C=O) groups is 4. The predicted molar refractivity (Wildman–Crippen MR) is 319 cm³/mol. The second-order valence-electron chi connectivity index (χ2n) is 20.3. The summed E-state index contributed by atoms with van der Waals surface area (Å²) < 4.78 is 31.8. The number of aryl methyl sites for hydroxylation is 2. The van der Waals surface area contributed by atoms with Gasteiger partial charge in [0.1, 0.15) is 0 Å². The molecule has 2 atom stereocenters. The van der Waals surface area contributed by atoms with Gasteiger partial charge in [-0.1, -0.05) is 149 Å². The summed E-state index contributed by atoms with van der Waals surface area (Å²) in [6.07, 6.45) is 8.40. The molecule has 0 fully saturated rings. The standard InChI is InChI=1S/C66H59BrN6O8/c67-29-33-80-45(41-78-39-43-15-3-1-4-16-43)27-30-71-37-53(49-21-9-13-25-57(49)71)61-62(66(77)70-65(61)76)54-38-73(58-26-14-10-22-50(54)58)32-34-81-46(42-79-40-44-17-5-2-6-18-44)28-31-72-36-52(48-20-8-12-24-56(48)72)60-59(63(74)69-64(60)75)51-35-68-55-23-11-7-19-47(51)55/h1-26,35-38,45-46,68H,27-34,39-42H2,(H,69,74,75)(H,70,76,77). The molecule has 14 nitrogen and oxygen atoms in total. The van der Waals surface area contributed by atoms with E-state index in [9.17, 15) is 19.2 Å². The van der Waals surface area contributed by atoms with Crippen LogP contribution in [0.1, 0.15) is 46.2 Å². The Morgan fingerprint density at radius 1 is 0.420 bits per heavy atom. The third-order valence-electron chi connectivity index (χ3n) is 15.2. The van der Waals surface area contributed by atoms with E-state index in [-0.39, 0.29) is 12.2 Å². The lowest BCUT2D eigenvalue weighted by Gasteiger charge is -2.19. The monoisotopic (exact) mass is 1140 g/mol. The highest BCUT2D eigenvalue weighted by Gasteiger charge is 2.37. The summed E-state index contributed by atoms with van der Waals surface area (Å²) in [6, 6.07) is 51.6. The van der Waals surface area contributed by atoms with Crippen LogP contribution in [0.5, 0.6) is 0 Å². The van der Waals surface area contributed by atoms with Gasteiger partial charge in [0.15, 0.2) is 0 Å². The van der Waals surface area contributed by atoms with Crippen LogP contribution in [0.25, 0.3) is 65.9 Å². The van der Waals surface area contributed by atoms with E-state index in [1.165, 1.54) is 0 Å². The highest BCUT2D eigenvalue weighted by Crippen LogP contribution is 2.41. The molecule has 408 valence electrons. The second kappa shape index (κ2) is 24.1. The van der Waals surface area contributed by atoms with E-state index in [0.29, 0.717) is 122 Å². The Balaban J connectivity index is 0.806. The molecular weight excluding hydrogens is 1080 g/mol. The number of H-pyrrole nitrogens is 1. The molecule has 0 spiro atoms. The first kappa shape index (κ1) is 53.2. The molecule has 10 aromatic rings. The van der Waals surface area contributed by atoms with E-state index in [4.69, 9.17) is 18.9 Å². The average molecular weight is 1140 g/mol. The van der Waals surface area contributed by atoms with Crippen LogP contribution in [-0.4, -0.2) is 86.3 Å². The number of alkyl halides is 1. The van der Waals surface area contributed by atoms with E-state index < -0.39 is 23.6 Å². The molecular formula is C66H59BrN6O8. The predicted octanol–water partition coefficient (Wildman–Crippen LogP) is 11.2. The highest BCUT2D eigenvalue weighted by molar-refractivity contribution is 9.09. The molecule has 0 bridgehead atoms. The number of aromatic amines is 1. The zero-order valence-electron chi connectivity index (χ0n) is 44.4. The minimum Gasteiger partial charge on any atom is -0.375 e. The molecule has 2 unspecified atom stereocenters. The molecule has 2 aliphatic rings. The Morgan fingerprint density at radius 3 is 1.26 bits per heavy atom. The Hall–Kier alpha value is -8.44. The van der Waals surface area contributed by atoms with Crippen LogP contribution in [-0.2, 0) is 71.0 Å². The van der Waals surface area contributed by atoms with Crippen LogP contribution < -0.4 is 10.6 Å². The largest absolute Gasteiger partial charge is 0.375 e. The number of ether oxygens (including phenoxy) is 4. The first-order chi connectivity index (χ1) is 39.8. The fourth-order valence-corrected chi connectivity index (χ4v) is 11.6. The Bertz CT molecular complexity index is 4040. The first-order valence-electron chi connectivity index (χ1n) is 27.3. The van der Waals surface area contributed by atoms with Crippen molar-refractivity contribution < 1.29 is 38.1 Å². The number of nitrogens with zero attached hydrogens (tertiary/aromatic N) is 3. The summed E-state index contributed by atoms with van der Waals surface area (Å²) in [5.41, 5.74) is 9.74. The quantitative estimate of drug-likeness (QED) is 0.0377. The summed E-state index contributed by atoms with van der Waals surface area (Å²) in [5.74, 6) is -1.77. The molecule has 6 heterocycles. The fourth-order valence-electron chi connectivity index (χ4n) is 11.4. The molecule has 3 N–H and O–H groups in total. The van der Waals surface area contributed by atoms with Crippen molar-refractivity contribution in [3.63, 3.8) is 0 Å². The smallest absolute Gasteiger partial charge is 0.259 e. The normalized spacial score (nSPS) is 14.6. The van der Waals surface area contributed by atoms with Gasteiger partial charge in [0, 0.05) is 116 Å². The number of fused-ring (bicyclic) bond motifs is 4. The molecule has 4 amide bonds. The van der Waals surface area contributed by atoms with Crippen LogP contribution >= 0.6 is 15.9 Å². The maximum atomic E-state index is 14.2. The van der Waals surface area contributed by atoms with Gasteiger partial charge in [-0.3, -0.25) is 29.8 Å². The molecule has 0 saturated heterocycles. The van der Waals surface area contributed by atoms with Crippen molar-refractivity contribution >= 4 is 105 Å². The Kier molecular flexibility index (Phi) is 15.8. The number of rotatable bonds is 25. The average Bonchev–Trinajstić information content (AvgIpc) is 4.05. The molecule has 0 saturated carbocycles.